The lowest BCUT2D eigenvalue weighted by atomic mass is 10.0. The highest BCUT2D eigenvalue weighted by Crippen LogP contribution is 2.30. The fourth-order valence-electron chi connectivity index (χ4n) is 5.95. The maximum Gasteiger partial charge on any atom is 0.138 e. The average Bonchev–Trinajstić information content (AvgIpc) is 3.70. The van der Waals surface area contributed by atoms with Gasteiger partial charge in [-0.15, -0.1) is 0 Å². The Kier molecular flexibility index (Phi) is 6.35. The van der Waals surface area contributed by atoms with Crippen LogP contribution in [0.15, 0.2) is 84.9 Å². The van der Waals surface area contributed by atoms with Crippen LogP contribution in [-0.4, -0.2) is 72.5 Å². The molecule has 0 bridgehead atoms. The van der Waals surface area contributed by atoms with Crippen LogP contribution in [0.2, 0.25) is 0 Å². The maximum absolute atomic E-state index is 5.49. The quantitative estimate of drug-likeness (QED) is 0.267. The normalized spacial score (nSPS) is 16.0. The Labute approximate surface area is 243 Å². The molecule has 2 saturated heterocycles. The van der Waals surface area contributed by atoms with Crippen molar-refractivity contribution in [1.29, 1.82) is 0 Å². The lowest BCUT2D eigenvalue weighted by Crippen LogP contribution is -2.36. The number of imidazole rings is 2. The van der Waals surface area contributed by atoms with Crippen molar-refractivity contribution in [2.24, 2.45) is 0 Å². The molecule has 2 fully saturated rings. The van der Waals surface area contributed by atoms with E-state index in [2.05, 4.69) is 105 Å². The molecule has 0 unspecified atom stereocenters. The summed E-state index contributed by atoms with van der Waals surface area (Å²) in [6.45, 7) is 6.86. The molecule has 8 rings (SSSR count). The molecule has 2 aliphatic rings. The van der Waals surface area contributed by atoms with E-state index in [1.165, 1.54) is 11.4 Å². The van der Waals surface area contributed by atoms with E-state index in [1.807, 2.05) is 0 Å². The molecule has 2 aliphatic heterocycles. The minimum Gasteiger partial charge on any atom is -0.378 e. The topological polar surface area (TPSA) is 82.3 Å². The average molecular weight is 557 g/mol. The smallest absolute Gasteiger partial charge is 0.138 e. The van der Waals surface area contributed by atoms with E-state index >= 15 is 0 Å². The summed E-state index contributed by atoms with van der Waals surface area (Å²) in [5, 5.41) is 0. The third kappa shape index (κ3) is 4.78. The molecule has 42 heavy (non-hydrogen) atoms. The molecule has 210 valence electrons. The first-order chi connectivity index (χ1) is 20.8. The number of hydrogen-bond acceptors (Lipinski definition) is 6. The van der Waals surface area contributed by atoms with Crippen LogP contribution in [0.3, 0.4) is 0 Å². The number of aromatic nitrogens is 4. The van der Waals surface area contributed by atoms with Crippen LogP contribution in [0.4, 0.5) is 11.4 Å². The third-order valence-corrected chi connectivity index (χ3v) is 8.33. The van der Waals surface area contributed by atoms with Crippen molar-refractivity contribution < 1.29 is 9.47 Å². The van der Waals surface area contributed by atoms with Crippen LogP contribution in [0.25, 0.3) is 56.0 Å². The van der Waals surface area contributed by atoms with Crippen molar-refractivity contribution in [3.05, 3.63) is 84.9 Å². The van der Waals surface area contributed by atoms with Gasteiger partial charge in [0.15, 0.2) is 0 Å². The van der Waals surface area contributed by atoms with E-state index < -0.39 is 0 Å². The Morgan fingerprint density at radius 1 is 0.476 bits per heavy atom. The number of aromatic amines is 2. The molecule has 4 heterocycles. The summed E-state index contributed by atoms with van der Waals surface area (Å²) in [4.78, 5) is 21.6. The fraction of sp³-hybridized carbons (Fsp3) is 0.235. The van der Waals surface area contributed by atoms with Crippen molar-refractivity contribution in [3.63, 3.8) is 0 Å². The minimum atomic E-state index is 0.783. The molecule has 0 amide bonds. The van der Waals surface area contributed by atoms with Crippen LogP contribution in [0.1, 0.15) is 0 Å². The van der Waals surface area contributed by atoms with Gasteiger partial charge in [-0.3, -0.25) is 0 Å². The van der Waals surface area contributed by atoms with Gasteiger partial charge in [0.25, 0.3) is 0 Å². The SMILES string of the molecule is c1cc2[nH]c(-c3ccc(N4CCOCC4)cc3)nc2cc1-c1ccc2nc(-c3ccc(N4CCOCC4)cc3)[nH]c2c1. The molecular weight excluding hydrogens is 524 g/mol. The Morgan fingerprint density at radius 2 is 0.952 bits per heavy atom. The lowest BCUT2D eigenvalue weighted by molar-refractivity contribution is 0.122. The maximum atomic E-state index is 5.49. The summed E-state index contributed by atoms with van der Waals surface area (Å²) in [7, 11) is 0. The molecule has 2 N–H and O–H groups in total. The Hall–Kier alpha value is -4.66. The van der Waals surface area contributed by atoms with Crippen molar-refractivity contribution in [2.45, 2.75) is 0 Å². The number of nitrogens with one attached hydrogen (secondary N) is 2. The zero-order valence-electron chi connectivity index (χ0n) is 23.3. The molecule has 8 heteroatoms. The second-order valence-electron chi connectivity index (χ2n) is 10.9. The highest BCUT2D eigenvalue weighted by atomic mass is 16.5. The number of ether oxygens (including phenoxy) is 2. The van der Waals surface area contributed by atoms with Crippen LogP contribution in [0, 0.1) is 0 Å². The molecule has 0 atom stereocenters. The highest BCUT2D eigenvalue weighted by molar-refractivity contribution is 5.88. The Balaban J connectivity index is 1.03. The van der Waals surface area contributed by atoms with Crippen molar-refractivity contribution >= 4 is 33.4 Å². The van der Waals surface area contributed by atoms with Crippen molar-refractivity contribution in [2.75, 3.05) is 62.4 Å². The Morgan fingerprint density at radius 3 is 1.55 bits per heavy atom. The van der Waals surface area contributed by atoms with Gasteiger partial charge >= 0.3 is 0 Å². The van der Waals surface area contributed by atoms with Crippen molar-refractivity contribution in [3.8, 4) is 33.9 Å². The first kappa shape index (κ1) is 25.1. The van der Waals surface area contributed by atoms with Gasteiger partial charge in [0.2, 0.25) is 0 Å². The van der Waals surface area contributed by atoms with E-state index in [0.29, 0.717) is 0 Å². The van der Waals surface area contributed by atoms with E-state index in [9.17, 15) is 0 Å². The summed E-state index contributed by atoms with van der Waals surface area (Å²) in [6, 6.07) is 30.1. The number of nitrogens with zero attached hydrogens (tertiary/aromatic N) is 4. The molecule has 0 radical (unpaired) electrons. The number of anilines is 2. The van der Waals surface area contributed by atoms with Crippen LogP contribution in [-0.2, 0) is 9.47 Å². The first-order valence-electron chi connectivity index (χ1n) is 14.6. The predicted molar refractivity (Wildman–Crippen MR) is 168 cm³/mol. The number of rotatable bonds is 5. The van der Waals surface area contributed by atoms with Crippen molar-refractivity contribution in [1.82, 2.24) is 19.9 Å². The molecule has 6 aromatic rings. The number of H-pyrrole nitrogens is 2. The molecule has 8 nitrogen and oxygen atoms in total. The standard InChI is InChI=1S/C34H32N6O2/c1-7-27(39-13-17-41-18-14-39)8-2-23(1)33-35-29-11-5-25(21-31(29)37-33)26-6-12-30-32(22-26)38-34(36-30)24-3-9-28(10-4-24)40-15-19-42-20-16-40/h1-12,21-22H,13-20H2,(H,35,37)(H,36,38). The molecule has 0 saturated carbocycles. The third-order valence-electron chi connectivity index (χ3n) is 8.33. The van der Waals surface area contributed by atoms with Crippen LogP contribution >= 0.6 is 0 Å². The number of morpholine rings is 2. The second kappa shape index (κ2) is 10.6. The number of benzene rings is 4. The van der Waals surface area contributed by atoms with Gasteiger partial charge in [0.05, 0.1) is 48.5 Å². The molecule has 2 aromatic heterocycles. The largest absolute Gasteiger partial charge is 0.378 e. The summed E-state index contributed by atoms with van der Waals surface area (Å²) in [5.41, 5.74) is 10.8. The molecular formula is C34H32N6O2. The van der Waals surface area contributed by atoms with Gasteiger partial charge in [0, 0.05) is 48.7 Å². The minimum absolute atomic E-state index is 0.783. The van der Waals surface area contributed by atoms with Gasteiger partial charge in [-0.05, 0) is 83.9 Å². The Bertz CT molecular complexity index is 1710. The molecule has 0 spiro atoms. The molecule has 4 aromatic carbocycles. The van der Waals surface area contributed by atoms with Gasteiger partial charge in [-0.1, -0.05) is 12.1 Å². The van der Waals surface area contributed by atoms with E-state index in [0.717, 1.165) is 109 Å². The lowest BCUT2D eigenvalue weighted by Gasteiger charge is -2.28. The highest BCUT2D eigenvalue weighted by Gasteiger charge is 2.14. The van der Waals surface area contributed by atoms with Crippen LogP contribution in [0.5, 0.6) is 0 Å². The first-order valence-corrected chi connectivity index (χ1v) is 14.6. The van der Waals surface area contributed by atoms with Gasteiger partial charge in [-0.25, -0.2) is 9.97 Å². The van der Waals surface area contributed by atoms with Crippen LogP contribution < -0.4 is 9.80 Å². The van der Waals surface area contributed by atoms with E-state index in [1.54, 1.807) is 0 Å². The van der Waals surface area contributed by atoms with E-state index in [4.69, 9.17) is 19.4 Å². The number of hydrogen-bond donors (Lipinski definition) is 2. The van der Waals surface area contributed by atoms with Gasteiger partial charge in [0.1, 0.15) is 11.6 Å². The molecule has 0 aliphatic carbocycles. The summed E-state index contributed by atoms with van der Waals surface area (Å²) in [6.07, 6.45) is 0. The fourth-order valence-corrected chi connectivity index (χ4v) is 5.95. The predicted octanol–water partition coefficient (Wildman–Crippen LogP) is 6.11. The van der Waals surface area contributed by atoms with Gasteiger partial charge in [-0.2, -0.15) is 0 Å². The van der Waals surface area contributed by atoms with E-state index in [-0.39, 0.29) is 0 Å². The summed E-state index contributed by atoms with van der Waals surface area (Å²) >= 11 is 0. The second-order valence-corrected chi connectivity index (χ2v) is 10.9. The zero-order valence-corrected chi connectivity index (χ0v) is 23.3. The number of fused-ring (bicyclic) bond motifs is 2. The summed E-state index contributed by atoms with van der Waals surface area (Å²) in [5.74, 6) is 1.76. The monoisotopic (exact) mass is 556 g/mol. The zero-order chi connectivity index (χ0) is 27.9. The summed E-state index contributed by atoms with van der Waals surface area (Å²) < 4.78 is 11.0. The van der Waals surface area contributed by atoms with Gasteiger partial charge < -0.3 is 29.2 Å².